The molecule has 0 unspecified atom stereocenters. The Labute approximate surface area is 156 Å². The van der Waals surface area contributed by atoms with Gasteiger partial charge in [-0.05, 0) is 37.1 Å². The summed E-state index contributed by atoms with van der Waals surface area (Å²) in [5, 5.41) is 0. The topological polar surface area (TPSA) is 68.5 Å². The summed E-state index contributed by atoms with van der Waals surface area (Å²) in [6.07, 6.45) is 0.368. The van der Waals surface area contributed by atoms with Crippen LogP contribution in [0.2, 0.25) is 0 Å². The molecule has 7 heteroatoms. The second kappa shape index (κ2) is 7.55. The van der Waals surface area contributed by atoms with E-state index < -0.39 is 9.84 Å². The van der Waals surface area contributed by atoms with Gasteiger partial charge in [-0.15, -0.1) is 0 Å². The van der Waals surface area contributed by atoms with E-state index in [0.717, 1.165) is 15.8 Å². The number of carbonyl (C=O) groups excluding carboxylic acids is 1. The minimum absolute atomic E-state index is 0.0596. The van der Waals surface area contributed by atoms with Gasteiger partial charge in [-0.3, -0.25) is 4.79 Å². The molecule has 26 heavy (non-hydrogen) atoms. The Kier molecular flexibility index (Phi) is 5.38. The number of carbonyl (C=O) groups is 1. The van der Waals surface area contributed by atoms with E-state index in [1.54, 1.807) is 30.3 Å². The predicted octanol–water partition coefficient (Wildman–Crippen LogP) is 3.23. The van der Waals surface area contributed by atoms with Crippen molar-refractivity contribution in [1.82, 2.24) is 4.57 Å². The van der Waals surface area contributed by atoms with Crippen LogP contribution in [-0.4, -0.2) is 24.6 Å². The minimum Gasteiger partial charge on any atom is -0.319 e. The molecule has 0 bridgehead atoms. The van der Waals surface area contributed by atoms with Crippen LogP contribution in [-0.2, 0) is 21.7 Å². The van der Waals surface area contributed by atoms with Crippen LogP contribution in [0.1, 0.15) is 18.4 Å². The number of benzene rings is 2. The highest BCUT2D eigenvalue weighted by Gasteiger charge is 2.14. The highest BCUT2D eigenvalue weighted by molar-refractivity contribution is 7.91. The highest BCUT2D eigenvalue weighted by Crippen LogP contribution is 2.19. The van der Waals surface area contributed by atoms with Crippen molar-refractivity contribution in [2.24, 2.45) is 12.0 Å². The molecular weight excluding hydrogens is 368 g/mol. The summed E-state index contributed by atoms with van der Waals surface area (Å²) in [4.78, 5) is 17.3. The number of sulfone groups is 1. The second-order valence-corrected chi connectivity index (χ2v) is 9.22. The molecule has 5 nitrogen and oxygen atoms in total. The Bertz CT molecular complexity index is 1110. The molecule has 1 heterocycles. The van der Waals surface area contributed by atoms with Crippen LogP contribution >= 0.6 is 11.3 Å². The summed E-state index contributed by atoms with van der Waals surface area (Å²) < 4.78 is 27.5. The lowest BCUT2D eigenvalue weighted by Gasteiger charge is -2.03. The van der Waals surface area contributed by atoms with Gasteiger partial charge in [0.1, 0.15) is 0 Å². The number of aromatic nitrogens is 1. The van der Waals surface area contributed by atoms with Gasteiger partial charge in [0, 0.05) is 13.5 Å². The molecule has 2 aromatic carbocycles. The molecule has 0 fully saturated rings. The van der Waals surface area contributed by atoms with Crippen LogP contribution in [0.3, 0.4) is 0 Å². The normalized spacial score (nSPS) is 12.6. The zero-order chi connectivity index (χ0) is 18.7. The molecule has 3 rings (SSSR count). The lowest BCUT2D eigenvalue weighted by molar-refractivity contribution is -0.118. The van der Waals surface area contributed by atoms with Crippen molar-refractivity contribution in [1.29, 1.82) is 0 Å². The molecule has 0 radical (unpaired) electrons. The van der Waals surface area contributed by atoms with Gasteiger partial charge in [0.2, 0.25) is 5.91 Å². The second-order valence-electron chi connectivity index (χ2n) is 6.11. The molecule has 136 valence electrons. The molecule has 3 aromatic rings. The number of hydrogen-bond donors (Lipinski definition) is 0. The first-order chi connectivity index (χ1) is 12.4. The first-order valence-corrected chi connectivity index (χ1v) is 10.8. The van der Waals surface area contributed by atoms with Gasteiger partial charge in [0.15, 0.2) is 14.6 Å². The summed E-state index contributed by atoms with van der Waals surface area (Å²) >= 11 is 1.46. The number of hydrogen-bond acceptors (Lipinski definition) is 4. The monoisotopic (exact) mass is 388 g/mol. The molecule has 0 saturated heterocycles. The largest absolute Gasteiger partial charge is 0.319 e. The van der Waals surface area contributed by atoms with E-state index in [-0.39, 0.29) is 29.4 Å². The third-order valence-electron chi connectivity index (χ3n) is 4.15. The molecule has 0 spiro atoms. The predicted molar refractivity (Wildman–Crippen MR) is 104 cm³/mol. The zero-order valence-corrected chi connectivity index (χ0v) is 16.3. The summed E-state index contributed by atoms with van der Waals surface area (Å²) in [5.74, 6) is -0.358. The summed E-state index contributed by atoms with van der Waals surface area (Å²) in [6.45, 7) is 2.02. The van der Waals surface area contributed by atoms with Crippen LogP contribution < -0.4 is 4.80 Å². The maximum Gasteiger partial charge on any atom is 0.248 e. The third kappa shape index (κ3) is 3.94. The average molecular weight is 389 g/mol. The maximum atomic E-state index is 12.2. The van der Waals surface area contributed by atoms with Gasteiger partial charge in [0.05, 0.1) is 20.9 Å². The van der Waals surface area contributed by atoms with E-state index in [9.17, 15) is 13.2 Å². The van der Waals surface area contributed by atoms with Gasteiger partial charge in [-0.25, -0.2) is 8.42 Å². The standard InChI is InChI=1S/C19H20N2O3S2/c1-14-8-6-11-16-18(14)21(2)19(25-16)20-17(22)12-7-13-26(23,24)15-9-4-3-5-10-15/h3-6,8-11H,7,12-13H2,1-2H3. The lowest BCUT2D eigenvalue weighted by atomic mass is 10.2. The zero-order valence-electron chi connectivity index (χ0n) is 14.7. The Morgan fingerprint density at radius 3 is 2.54 bits per heavy atom. The maximum absolute atomic E-state index is 12.2. The van der Waals surface area contributed by atoms with Crippen LogP contribution in [0.25, 0.3) is 10.2 Å². The fourth-order valence-corrected chi connectivity index (χ4v) is 5.27. The molecule has 0 aliphatic carbocycles. The lowest BCUT2D eigenvalue weighted by Crippen LogP contribution is -2.14. The van der Waals surface area contributed by atoms with Gasteiger partial charge < -0.3 is 4.57 Å². The van der Waals surface area contributed by atoms with Crippen molar-refractivity contribution in [3.63, 3.8) is 0 Å². The highest BCUT2D eigenvalue weighted by atomic mass is 32.2. The Hall–Kier alpha value is -2.25. The van der Waals surface area contributed by atoms with E-state index >= 15 is 0 Å². The molecule has 1 amide bonds. The molecule has 0 aliphatic heterocycles. The summed E-state index contributed by atoms with van der Waals surface area (Å²) in [6, 6.07) is 14.3. The number of rotatable bonds is 5. The Balaban J connectivity index is 1.71. The van der Waals surface area contributed by atoms with E-state index in [2.05, 4.69) is 4.99 Å². The summed E-state index contributed by atoms with van der Waals surface area (Å²) in [5.41, 5.74) is 2.19. The average Bonchev–Trinajstić information content (AvgIpc) is 2.92. The Morgan fingerprint density at radius 2 is 1.85 bits per heavy atom. The molecule has 1 aromatic heterocycles. The number of fused-ring (bicyclic) bond motifs is 1. The number of para-hydroxylation sites is 1. The quantitative estimate of drug-likeness (QED) is 0.674. The third-order valence-corrected chi connectivity index (χ3v) is 7.06. The number of thiazole rings is 1. The van der Waals surface area contributed by atoms with Gasteiger partial charge in [0.25, 0.3) is 0 Å². The molecule has 0 N–H and O–H groups in total. The molecular formula is C19H20N2O3S2. The number of nitrogens with zero attached hydrogens (tertiary/aromatic N) is 2. The van der Waals surface area contributed by atoms with Gasteiger partial charge in [-0.1, -0.05) is 41.7 Å². The van der Waals surface area contributed by atoms with Crippen molar-refractivity contribution < 1.29 is 13.2 Å². The smallest absolute Gasteiger partial charge is 0.248 e. The SMILES string of the molecule is Cc1cccc2sc(=NC(=O)CCCS(=O)(=O)c3ccccc3)n(C)c12. The van der Waals surface area contributed by atoms with E-state index in [0.29, 0.717) is 4.80 Å². The van der Waals surface area contributed by atoms with E-state index in [1.807, 2.05) is 36.7 Å². The van der Waals surface area contributed by atoms with E-state index in [1.165, 1.54) is 11.3 Å². The first kappa shape index (κ1) is 18.5. The molecule has 0 atom stereocenters. The van der Waals surface area contributed by atoms with Crippen molar-refractivity contribution in [2.75, 3.05) is 5.75 Å². The van der Waals surface area contributed by atoms with Crippen LogP contribution in [0, 0.1) is 6.92 Å². The number of aryl methyl sites for hydroxylation is 2. The van der Waals surface area contributed by atoms with Crippen LogP contribution in [0.4, 0.5) is 0 Å². The van der Waals surface area contributed by atoms with Gasteiger partial charge in [-0.2, -0.15) is 4.99 Å². The summed E-state index contributed by atoms with van der Waals surface area (Å²) in [7, 11) is -1.47. The number of amides is 1. The first-order valence-electron chi connectivity index (χ1n) is 8.29. The van der Waals surface area contributed by atoms with Crippen molar-refractivity contribution in [3.8, 4) is 0 Å². The fourth-order valence-electron chi connectivity index (χ4n) is 2.83. The van der Waals surface area contributed by atoms with E-state index in [4.69, 9.17) is 0 Å². The van der Waals surface area contributed by atoms with Crippen molar-refractivity contribution in [3.05, 3.63) is 58.9 Å². The Morgan fingerprint density at radius 1 is 1.12 bits per heavy atom. The molecule has 0 saturated carbocycles. The van der Waals surface area contributed by atoms with Crippen LogP contribution in [0.5, 0.6) is 0 Å². The minimum atomic E-state index is -3.36. The van der Waals surface area contributed by atoms with Crippen molar-refractivity contribution >= 4 is 37.3 Å². The fraction of sp³-hybridized carbons (Fsp3) is 0.263. The van der Waals surface area contributed by atoms with Gasteiger partial charge >= 0.3 is 0 Å². The molecule has 0 aliphatic rings. The van der Waals surface area contributed by atoms with Crippen molar-refractivity contribution in [2.45, 2.75) is 24.7 Å². The van der Waals surface area contributed by atoms with Crippen LogP contribution in [0.15, 0.2) is 58.4 Å².